The molecule has 3 heterocycles. The van der Waals surface area contributed by atoms with Gasteiger partial charge in [0.15, 0.2) is 16.3 Å². The summed E-state index contributed by atoms with van der Waals surface area (Å²) in [6, 6.07) is 3.69. The first-order chi connectivity index (χ1) is 11.5. The van der Waals surface area contributed by atoms with E-state index in [1.54, 1.807) is 11.6 Å². The van der Waals surface area contributed by atoms with Gasteiger partial charge in [0.2, 0.25) is 18.6 Å². The molecule has 4 rings (SSSR count). The van der Waals surface area contributed by atoms with Crippen LogP contribution < -0.4 is 14.3 Å². The number of aromatic nitrogens is 1. The summed E-state index contributed by atoms with van der Waals surface area (Å²) < 4.78 is 13.4. The van der Waals surface area contributed by atoms with E-state index >= 15 is 0 Å². The molecular formula is C15H13N3O5S. The van der Waals surface area contributed by atoms with Crippen molar-refractivity contribution in [2.45, 2.75) is 12.8 Å². The van der Waals surface area contributed by atoms with Crippen molar-refractivity contribution in [2.24, 2.45) is 12.0 Å². The van der Waals surface area contributed by atoms with E-state index < -0.39 is 5.91 Å². The van der Waals surface area contributed by atoms with Crippen LogP contribution in [-0.4, -0.2) is 40.5 Å². The number of hydrogen-bond donors (Lipinski definition) is 0. The van der Waals surface area contributed by atoms with Crippen molar-refractivity contribution in [2.75, 3.05) is 13.3 Å². The van der Waals surface area contributed by atoms with Crippen LogP contribution in [0.3, 0.4) is 0 Å². The maximum absolute atomic E-state index is 12.1. The van der Waals surface area contributed by atoms with Crippen LogP contribution >= 0.6 is 11.3 Å². The van der Waals surface area contributed by atoms with Crippen molar-refractivity contribution in [3.63, 3.8) is 0 Å². The van der Waals surface area contributed by atoms with E-state index in [4.69, 9.17) is 9.47 Å². The average molecular weight is 347 g/mol. The molecule has 0 radical (unpaired) electrons. The molecule has 2 aliphatic heterocycles. The van der Waals surface area contributed by atoms with Gasteiger partial charge in [0.05, 0.1) is 10.2 Å². The summed E-state index contributed by atoms with van der Waals surface area (Å²) >= 11 is 1.33. The van der Waals surface area contributed by atoms with Gasteiger partial charge in [-0.2, -0.15) is 4.99 Å². The van der Waals surface area contributed by atoms with Gasteiger partial charge < -0.3 is 14.0 Å². The van der Waals surface area contributed by atoms with Crippen LogP contribution in [0.1, 0.15) is 12.8 Å². The summed E-state index contributed by atoms with van der Waals surface area (Å²) in [6.07, 6.45) is 0.322. The average Bonchev–Trinajstić information content (AvgIpc) is 3.21. The van der Waals surface area contributed by atoms with Gasteiger partial charge in [-0.1, -0.05) is 11.3 Å². The Labute approximate surface area is 139 Å². The van der Waals surface area contributed by atoms with Crippen molar-refractivity contribution >= 4 is 39.3 Å². The zero-order chi connectivity index (χ0) is 16.8. The van der Waals surface area contributed by atoms with Crippen LogP contribution in [-0.2, 0) is 21.4 Å². The van der Waals surface area contributed by atoms with Gasteiger partial charge in [-0.25, -0.2) is 0 Å². The van der Waals surface area contributed by atoms with E-state index in [9.17, 15) is 14.4 Å². The zero-order valence-electron chi connectivity index (χ0n) is 12.8. The Kier molecular flexibility index (Phi) is 3.38. The highest BCUT2D eigenvalue weighted by molar-refractivity contribution is 7.16. The van der Waals surface area contributed by atoms with Crippen molar-refractivity contribution in [3.05, 3.63) is 16.9 Å². The number of fused-ring (bicyclic) bond motifs is 2. The maximum atomic E-state index is 12.1. The molecule has 0 bridgehead atoms. The van der Waals surface area contributed by atoms with Crippen LogP contribution in [0.15, 0.2) is 17.1 Å². The van der Waals surface area contributed by atoms with E-state index in [0.29, 0.717) is 16.3 Å². The SMILES string of the molecule is Cn1c(=NC(=O)CN2C(=O)CCC2=O)sc2cc3c(cc21)OCO3. The van der Waals surface area contributed by atoms with E-state index in [1.165, 1.54) is 11.3 Å². The van der Waals surface area contributed by atoms with Gasteiger partial charge >= 0.3 is 0 Å². The first-order valence-electron chi connectivity index (χ1n) is 7.33. The Balaban J connectivity index is 1.67. The summed E-state index contributed by atoms with van der Waals surface area (Å²) in [5.74, 6) is 0.142. The predicted octanol–water partition coefficient (Wildman–Crippen LogP) is 0.545. The summed E-state index contributed by atoms with van der Waals surface area (Å²) in [5, 5.41) is 0. The molecule has 9 heteroatoms. The number of rotatable bonds is 2. The largest absolute Gasteiger partial charge is 0.454 e. The number of carbonyl (C=O) groups excluding carboxylic acids is 3. The molecule has 1 aromatic carbocycles. The second-order valence-electron chi connectivity index (χ2n) is 5.50. The lowest BCUT2D eigenvalue weighted by molar-refractivity contribution is -0.141. The predicted molar refractivity (Wildman–Crippen MR) is 83.4 cm³/mol. The fourth-order valence-corrected chi connectivity index (χ4v) is 3.75. The van der Waals surface area contributed by atoms with Crippen molar-refractivity contribution in [3.8, 4) is 11.5 Å². The maximum Gasteiger partial charge on any atom is 0.268 e. The third-order valence-electron chi connectivity index (χ3n) is 3.97. The van der Waals surface area contributed by atoms with E-state index in [1.807, 2.05) is 12.1 Å². The molecule has 2 aliphatic rings. The van der Waals surface area contributed by atoms with Crippen LogP contribution in [0, 0.1) is 0 Å². The van der Waals surface area contributed by atoms with Crippen molar-refractivity contribution in [1.29, 1.82) is 0 Å². The molecule has 0 aliphatic carbocycles. The summed E-state index contributed by atoms with van der Waals surface area (Å²) in [7, 11) is 1.79. The van der Waals surface area contributed by atoms with Gasteiger partial charge in [-0.15, -0.1) is 0 Å². The molecule has 0 spiro atoms. The lowest BCUT2D eigenvalue weighted by Crippen LogP contribution is -2.34. The normalized spacial score (nSPS) is 17.4. The Morgan fingerprint density at radius 3 is 2.58 bits per heavy atom. The second-order valence-corrected chi connectivity index (χ2v) is 6.51. The minimum absolute atomic E-state index is 0.161. The molecule has 0 atom stereocenters. The van der Waals surface area contributed by atoms with Crippen molar-refractivity contribution in [1.82, 2.24) is 9.47 Å². The first-order valence-corrected chi connectivity index (χ1v) is 8.14. The molecule has 24 heavy (non-hydrogen) atoms. The minimum atomic E-state index is -0.527. The Hall–Kier alpha value is -2.68. The second kappa shape index (κ2) is 5.45. The highest BCUT2D eigenvalue weighted by atomic mass is 32.1. The molecule has 3 amide bonds. The number of imide groups is 1. The number of hydrogen-bond acceptors (Lipinski definition) is 6. The Bertz CT molecular complexity index is 942. The first kappa shape index (κ1) is 14.9. The molecule has 0 unspecified atom stereocenters. The topological polar surface area (TPSA) is 90.2 Å². The Morgan fingerprint density at radius 2 is 1.88 bits per heavy atom. The molecule has 0 N–H and O–H groups in total. The standard InChI is InChI=1S/C15H13N3O5S/c1-17-8-4-9-10(23-7-22-9)5-11(8)24-15(17)16-12(19)6-18-13(20)2-3-14(18)21/h4-5H,2-3,6-7H2,1H3. The number of thiazole rings is 1. The number of likely N-dealkylation sites (tertiary alicyclic amines) is 1. The van der Waals surface area contributed by atoms with Crippen LogP contribution in [0.5, 0.6) is 11.5 Å². The molecule has 124 valence electrons. The number of amides is 3. The minimum Gasteiger partial charge on any atom is -0.454 e. The van der Waals surface area contributed by atoms with E-state index in [2.05, 4.69) is 4.99 Å². The van der Waals surface area contributed by atoms with Gasteiger partial charge in [0.25, 0.3) is 5.91 Å². The number of carbonyl (C=O) groups is 3. The molecule has 8 nitrogen and oxygen atoms in total. The molecule has 1 aromatic heterocycles. The number of ether oxygens (including phenoxy) is 2. The summed E-state index contributed by atoms with van der Waals surface area (Å²) in [6.45, 7) is -0.113. The lowest BCUT2D eigenvalue weighted by Gasteiger charge is -2.09. The van der Waals surface area contributed by atoms with Gasteiger partial charge in [-0.3, -0.25) is 19.3 Å². The van der Waals surface area contributed by atoms with Gasteiger partial charge in [0, 0.05) is 32.0 Å². The van der Waals surface area contributed by atoms with Crippen LogP contribution in [0.2, 0.25) is 0 Å². The molecule has 1 saturated heterocycles. The quantitative estimate of drug-likeness (QED) is 0.740. The summed E-state index contributed by atoms with van der Waals surface area (Å²) in [4.78, 5) is 40.8. The number of aryl methyl sites for hydroxylation is 1. The highest BCUT2D eigenvalue weighted by Gasteiger charge is 2.30. The Morgan fingerprint density at radius 1 is 1.21 bits per heavy atom. The summed E-state index contributed by atoms with van der Waals surface area (Å²) in [5.41, 5.74) is 0.865. The highest BCUT2D eigenvalue weighted by Crippen LogP contribution is 2.36. The molecule has 1 fully saturated rings. The monoisotopic (exact) mass is 347 g/mol. The van der Waals surface area contributed by atoms with Gasteiger partial charge in [0.1, 0.15) is 6.54 Å². The fourth-order valence-electron chi connectivity index (χ4n) is 2.70. The third-order valence-corrected chi connectivity index (χ3v) is 5.07. The van der Waals surface area contributed by atoms with Crippen LogP contribution in [0.4, 0.5) is 0 Å². The number of nitrogens with zero attached hydrogens (tertiary/aromatic N) is 3. The lowest BCUT2D eigenvalue weighted by atomic mass is 10.3. The zero-order valence-corrected chi connectivity index (χ0v) is 13.6. The molecule has 0 saturated carbocycles. The van der Waals surface area contributed by atoms with Crippen molar-refractivity contribution < 1.29 is 23.9 Å². The molecule has 2 aromatic rings. The fraction of sp³-hybridized carbons (Fsp3) is 0.333. The third kappa shape index (κ3) is 2.37. The molecular weight excluding hydrogens is 334 g/mol. The van der Waals surface area contributed by atoms with Crippen LogP contribution in [0.25, 0.3) is 10.2 Å². The van der Waals surface area contributed by atoms with E-state index in [0.717, 1.165) is 15.1 Å². The number of benzene rings is 1. The smallest absolute Gasteiger partial charge is 0.268 e. The van der Waals surface area contributed by atoms with E-state index in [-0.39, 0.29) is 38.0 Å². The van der Waals surface area contributed by atoms with Gasteiger partial charge in [-0.05, 0) is 0 Å².